The van der Waals surface area contributed by atoms with Crippen molar-refractivity contribution >= 4 is 11.6 Å². The Morgan fingerprint density at radius 3 is 2.75 bits per heavy atom. The molecular weight excluding hydrogens is 204 g/mol. The number of amides is 1. The number of carbonyl (C=O) groups is 1. The van der Waals surface area contributed by atoms with Crippen molar-refractivity contribution in [3.63, 3.8) is 0 Å². The maximum absolute atomic E-state index is 11.4. The van der Waals surface area contributed by atoms with Gasteiger partial charge in [-0.25, -0.2) is 0 Å². The summed E-state index contributed by atoms with van der Waals surface area (Å²) in [6.45, 7) is 3.65. The van der Waals surface area contributed by atoms with Gasteiger partial charge in [-0.3, -0.25) is 4.79 Å². The fourth-order valence-corrected chi connectivity index (χ4v) is 1.41. The number of anilines is 1. The molecule has 1 aromatic rings. The van der Waals surface area contributed by atoms with Gasteiger partial charge in [0.15, 0.2) is 0 Å². The number of hydrogen-bond donors (Lipinski definition) is 3. The van der Waals surface area contributed by atoms with Crippen LogP contribution in [0, 0.1) is 0 Å². The monoisotopic (exact) mass is 222 g/mol. The molecule has 0 aliphatic rings. The molecule has 0 saturated heterocycles. The van der Waals surface area contributed by atoms with E-state index in [0.29, 0.717) is 0 Å². The summed E-state index contributed by atoms with van der Waals surface area (Å²) in [6, 6.07) is 4.94. The molecule has 88 valence electrons. The van der Waals surface area contributed by atoms with Crippen LogP contribution in [-0.4, -0.2) is 17.1 Å². The summed E-state index contributed by atoms with van der Waals surface area (Å²) in [4.78, 5) is 11.4. The number of nitrogens with one attached hydrogen (secondary N) is 1. The van der Waals surface area contributed by atoms with Crippen molar-refractivity contribution < 1.29 is 9.90 Å². The summed E-state index contributed by atoms with van der Waals surface area (Å²) >= 11 is 0. The maximum atomic E-state index is 11.4. The topological polar surface area (TPSA) is 75.3 Å². The zero-order chi connectivity index (χ0) is 12.1. The van der Waals surface area contributed by atoms with Gasteiger partial charge in [0.05, 0.1) is 12.6 Å². The Kier molecular flexibility index (Phi) is 4.46. The lowest BCUT2D eigenvalue weighted by Gasteiger charge is -2.12. The summed E-state index contributed by atoms with van der Waals surface area (Å²) in [5, 5.41) is 11.8. The van der Waals surface area contributed by atoms with Crippen molar-refractivity contribution in [2.75, 3.05) is 5.32 Å². The first-order chi connectivity index (χ1) is 7.58. The molecule has 1 aromatic carbocycles. The molecule has 0 bridgehead atoms. The molecule has 0 aliphatic heterocycles. The van der Waals surface area contributed by atoms with E-state index in [2.05, 4.69) is 5.32 Å². The second-order valence-corrected chi connectivity index (χ2v) is 3.78. The minimum absolute atomic E-state index is 0.00845. The lowest BCUT2D eigenvalue weighted by molar-refractivity contribution is -0.117. The number of benzene rings is 1. The van der Waals surface area contributed by atoms with Crippen LogP contribution in [0.5, 0.6) is 0 Å². The SMILES string of the molecule is CCc1cc(CO)ccc1NC(=O)[C@H](C)N. The van der Waals surface area contributed by atoms with E-state index in [1.54, 1.807) is 19.1 Å². The first kappa shape index (κ1) is 12.7. The normalized spacial score (nSPS) is 12.2. The fourth-order valence-electron chi connectivity index (χ4n) is 1.41. The van der Waals surface area contributed by atoms with Crippen LogP contribution in [0.2, 0.25) is 0 Å². The number of hydrogen-bond acceptors (Lipinski definition) is 3. The van der Waals surface area contributed by atoms with Crippen LogP contribution in [0.25, 0.3) is 0 Å². The molecule has 0 radical (unpaired) electrons. The maximum Gasteiger partial charge on any atom is 0.241 e. The Bertz CT molecular complexity index is 375. The molecule has 0 aliphatic carbocycles. The van der Waals surface area contributed by atoms with Crippen molar-refractivity contribution in [1.29, 1.82) is 0 Å². The Morgan fingerprint density at radius 1 is 1.56 bits per heavy atom. The third kappa shape index (κ3) is 3.05. The Labute approximate surface area is 95.5 Å². The van der Waals surface area contributed by atoms with E-state index in [1.165, 1.54) is 0 Å². The van der Waals surface area contributed by atoms with E-state index < -0.39 is 6.04 Å². The van der Waals surface area contributed by atoms with Gasteiger partial charge in [-0.2, -0.15) is 0 Å². The fraction of sp³-hybridized carbons (Fsp3) is 0.417. The molecule has 0 unspecified atom stereocenters. The highest BCUT2D eigenvalue weighted by atomic mass is 16.3. The van der Waals surface area contributed by atoms with Gasteiger partial charge in [0.25, 0.3) is 0 Å². The van der Waals surface area contributed by atoms with Crippen molar-refractivity contribution in [3.05, 3.63) is 29.3 Å². The molecule has 4 nitrogen and oxygen atoms in total. The van der Waals surface area contributed by atoms with E-state index >= 15 is 0 Å². The number of carbonyl (C=O) groups excluding carboxylic acids is 1. The first-order valence-electron chi connectivity index (χ1n) is 5.37. The predicted molar refractivity (Wildman–Crippen MR) is 64.0 cm³/mol. The molecule has 4 N–H and O–H groups in total. The third-order valence-electron chi connectivity index (χ3n) is 2.40. The number of rotatable bonds is 4. The summed E-state index contributed by atoms with van der Waals surface area (Å²) in [5.74, 6) is -0.202. The molecule has 4 heteroatoms. The number of nitrogens with two attached hydrogens (primary N) is 1. The third-order valence-corrected chi connectivity index (χ3v) is 2.40. The van der Waals surface area contributed by atoms with Gasteiger partial charge in [-0.15, -0.1) is 0 Å². The molecule has 0 fully saturated rings. The summed E-state index contributed by atoms with van der Waals surface area (Å²) in [7, 11) is 0. The lowest BCUT2D eigenvalue weighted by atomic mass is 10.1. The minimum Gasteiger partial charge on any atom is -0.392 e. The summed E-state index contributed by atoms with van der Waals surface area (Å²) in [5.41, 5.74) is 8.09. The molecule has 0 spiro atoms. The van der Waals surface area contributed by atoms with Crippen LogP contribution in [0.1, 0.15) is 25.0 Å². The molecule has 1 amide bonds. The average Bonchev–Trinajstić information content (AvgIpc) is 2.29. The van der Waals surface area contributed by atoms with Crippen LogP contribution in [-0.2, 0) is 17.8 Å². The standard InChI is InChI=1S/C12H18N2O2/c1-3-10-6-9(7-15)4-5-11(10)14-12(16)8(2)13/h4-6,8,15H,3,7,13H2,1-2H3,(H,14,16)/t8-/m0/s1. The van der Waals surface area contributed by atoms with E-state index in [1.807, 2.05) is 13.0 Å². The molecule has 16 heavy (non-hydrogen) atoms. The minimum atomic E-state index is -0.526. The highest BCUT2D eigenvalue weighted by Gasteiger charge is 2.10. The first-order valence-corrected chi connectivity index (χ1v) is 5.37. The van der Waals surface area contributed by atoms with E-state index in [-0.39, 0.29) is 12.5 Å². The lowest BCUT2D eigenvalue weighted by Crippen LogP contribution is -2.32. The van der Waals surface area contributed by atoms with Crippen molar-refractivity contribution in [2.24, 2.45) is 5.73 Å². The molecule has 1 atom stereocenters. The van der Waals surface area contributed by atoms with Crippen molar-refractivity contribution in [2.45, 2.75) is 32.9 Å². The van der Waals surface area contributed by atoms with Gasteiger partial charge in [-0.1, -0.05) is 19.1 Å². The van der Waals surface area contributed by atoms with Crippen molar-refractivity contribution in [3.8, 4) is 0 Å². The van der Waals surface area contributed by atoms with E-state index in [0.717, 1.165) is 23.2 Å². The van der Waals surface area contributed by atoms with E-state index in [9.17, 15) is 4.79 Å². The van der Waals surface area contributed by atoms with Crippen LogP contribution < -0.4 is 11.1 Å². The van der Waals surface area contributed by atoms with Gasteiger partial charge in [0.2, 0.25) is 5.91 Å². The average molecular weight is 222 g/mol. The van der Waals surface area contributed by atoms with Gasteiger partial charge in [0.1, 0.15) is 0 Å². The molecule has 0 aromatic heterocycles. The zero-order valence-electron chi connectivity index (χ0n) is 9.66. The second-order valence-electron chi connectivity index (χ2n) is 3.78. The van der Waals surface area contributed by atoms with Crippen molar-refractivity contribution in [1.82, 2.24) is 0 Å². The Morgan fingerprint density at radius 2 is 2.25 bits per heavy atom. The molecular formula is C12H18N2O2. The number of aliphatic hydroxyl groups excluding tert-OH is 1. The van der Waals surface area contributed by atoms with Gasteiger partial charge >= 0.3 is 0 Å². The van der Waals surface area contributed by atoms with Gasteiger partial charge in [0, 0.05) is 5.69 Å². The molecule has 1 rings (SSSR count). The Balaban J connectivity index is 2.91. The molecule has 0 heterocycles. The smallest absolute Gasteiger partial charge is 0.241 e. The zero-order valence-corrected chi connectivity index (χ0v) is 9.66. The number of aryl methyl sites for hydroxylation is 1. The Hall–Kier alpha value is -1.39. The summed E-state index contributed by atoms with van der Waals surface area (Å²) < 4.78 is 0. The largest absolute Gasteiger partial charge is 0.392 e. The predicted octanol–water partition coefficient (Wildman–Crippen LogP) is 1.03. The van der Waals surface area contributed by atoms with Gasteiger partial charge < -0.3 is 16.2 Å². The van der Waals surface area contributed by atoms with Crippen LogP contribution in [0.3, 0.4) is 0 Å². The van der Waals surface area contributed by atoms with E-state index in [4.69, 9.17) is 10.8 Å². The molecule has 0 saturated carbocycles. The quantitative estimate of drug-likeness (QED) is 0.712. The number of aliphatic hydroxyl groups is 1. The van der Waals surface area contributed by atoms with Crippen LogP contribution in [0.4, 0.5) is 5.69 Å². The van der Waals surface area contributed by atoms with Gasteiger partial charge in [-0.05, 0) is 30.5 Å². The highest BCUT2D eigenvalue weighted by molar-refractivity contribution is 5.95. The van der Waals surface area contributed by atoms with Crippen LogP contribution >= 0.6 is 0 Å². The summed E-state index contributed by atoms with van der Waals surface area (Å²) in [6.07, 6.45) is 0.794. The second kappa shape index (κ2) is 5.63. The highest BCUT2D eigenvalue weighted by Crippen LogP contribution is 2.18. The van der Waals surface area contributed by atoms with Crippen LogP contribution in [0.15, 0.2) is 18.2 Å².